The van der Waals surface area contributed by atoms with Crippen molar-refractivity contribution in [3.05, 3.63) is 35.9 Å². The molecule has 1 atom stereocenters. The minimum absolute atomic E-state index is 0.0271. The normalized spacial score (nSPS) is 20.1. The second kappa shape index (κ2) is 5.19. The molecule has 0 aromatic heterocycles. The fourth-order valence-electron chi connectivity index (χ4n) is 1.88. The number of nitrogens with zero attached hydrogens (tertiary/aromatic N) is 1. The summed E-state index contributed by atoms with van der Waals surface area (Å²) in [5.41, 5.74) is 0.711. The Labute approximate surface area is 111 Å². The Kier molecular flexibility index (Phi) is 3.84. The summed E-state index contributed by atoms with van der Waals surface area (Å²) < 4.78 is 0.706. The molecule has 2 nitrogen and oxygen atoms in total. The van der Waals surface area contributed by atoms with Crippen LogP contribution >= 0.6 is 24.0 Å². The molecule has 0 saturated carbocycles. The molecule has 1 aromatic carbocycles. The second-order valence-electron chi connectivity index (χ2n) is 4.43. The third-order valence-corrected chi connectivity index (χ3v) is 4.42. The van der Waals surface area contributed by atoms with Crippen LogP contribution in [0.5, 0.6) is 0 Å². The summed E-state index contributed by atoms with van der Waals surface area (Å²) in [6, 6.07) is 9.57. The van der Waals surface area contributed by atoms with Gasteiger partial charge in [0.1, 0.15) is 4.32 Å². The zero-order valence-corrected chi connectivity index (χ0v) is 11.6. The van der Waals surface area contributed by atoms with Crippen molar-refractivity contribution in [3.63, 3.8) is 0 Å². The van der Waals surface area contributed by atoms with E-state index in [9.17, 15) is 4.79 Å². The Morgan fingerprint density at radius 1 is 1.41 bits per heavy atom. The molecule has 0 spiro atoms. The molecule has 4 heteroatoms. The lowest BCUT2D eigenvalue weighted by atomic mass is 10.0. The number of rotatable bonds is 2. The Morgan fingerprint density at radius 2 is 2.06 bits per heavy atom. The van der Waals surface area contributed by atoms with E-state index in [0.717, 1.165) is 5.75 Å². The summed E-state index contributed by atoms with van der Waals surface area (Å²) in [6.45, 7) is 4.26. The van der Waals surface area contributed by atoms with Crippen molar-refractivity contribution in [3.8, 4) is 0 Å². The van der Waals surface area contributed by atoms with Crippen LogP contribution in [0.3, 0.4) is 0 Å². The lowest BCUT2D eigenvalue weighted by Gasteiger charge is -2.26. The highest BCUT2D eigenvalue weighted by molar-refractivity contribution is 8.23. The molecule has 1 aromatic rings. The van der Waals surface area contributed by atoms with Crippen LogP contribution in [-0.2, 0) is 0 Å². The van der Waals surface area contributed by atoms with Crippen LogP contribution < -0.4 is 0 Å². The van der Waals surface area contributed by atoms with Crippen LogP contribution in [0.25, 0.3) is 0 Å². The number of amides is 1. The molecule has 1 saturated heterocycles. The van der Waals surface area contributed by atoms with Crippen LogP contribution in [0.15, 0.2) is 30.3 Å². The Bertz CT molecular complexity index is 430. The van der Waals surface area contributed by atoms with E-state index < -0.39 is 0 Å². The molecular formula is C13H15NOS2. The third-order valence-electron chi connectivity index (χ3n) is 2.91. The summed E-state index contributed by atoms with van der Waals surface area (Å²) in [6.07, 6.45) is 0. The molecule has 1 unspecified atom stereocenters. The first kappa shape index (κ1) is 12.6. The summed E-state index contributed by atoms with van der Waals surface area (Å²) in [7, 11) is 0. The van der Waals surface area contributed by atoms with Gasteiger partial charge in [0, 0.05) is 11.3 Å². The van der Waals surface area contributed by atoms with Gasteiger partial charge in [-0.2, -0.15) is 0 Å². The monoisotopic (exact) mass is 265 g/mol. The van der Waals surface area contributed by atoms with Crippen molar-refractivity contribution in [1.82, 2.24) is 4.90 Å². The number of hydrogen-bond acceptors (Lipinski definition) is 3. The van der Waals surface area contributed by atoms with E-state index >= 15 is 0 Å². The first-order valence-electron chi connectivity index (χ1n) is 5.66. The van der Waals surface area contributed by atoms with Crippen LogP contribution in [0.4, 0.5) is 0 Å². The fourth-order valence-corrected chi connectivity index (χ4v) is 3.51. The average molecular weight is 265 g/mol. The average Bonchev–Trinajstić information content (AvgIpc) is 2.71. The molecule has 0 radical (unpaired) electrons. The van der Waals surface area contributed by atoms with E-state index in [1.54, 1.807) is 16.7 Å². The highest BCUT2D eigenvalue weighted by Crippen LogP contribution is 2.30. The van der Waals surface area contributed by atoms with Crippen molar-refractivity contribution >= 4 is 34.2 Å². The van der Waals surface area contributed by atoms with E-state index in [4.69, 9.17) is 12.2 Å². The third kappa shape index (κ3) is 2.53. The van der Waals surface area contributed by atoms with Gasteiger partial charge in [-0.05, 0) is 18.1 Å². The molecule has 17 heavy (non-hydrogen) atoms. The minimum atomic E-state index is 0.0271. The lowest BCUT2D eigenvalue weighted by Crippen LogP contribution is -2.41. The van der Waals surface area contributed by atoms with Gasteiger partial charge in [-0.25, -0.2) is 0 Å². The summed E-state index contributed by atoms with van der Waals surface area (Å²) in [4.78, 5) is 14.2. The van der Waals surface area contributed by atoms with Crippen molar-refractivity contribution in [2.45, 2.75) is 19.9 Å². The standard InChI is InChI=1S/C13H15NOS2/c1-9(2)11-8-17-13(16)14(11)12(15)10-6-4-3-5-7-10/h3-7,9,11H,8H2,1-2H3. The summed E-state index contributed by atoms with van der Waals surface area (Å²) in [5.74, 6) is 1.37. The van der Waals surface area contributed by atoms with E-state index in [1.807, 2.05) is 30.3 Å². The number of thioether (sulfide) groups is 1. The maximum atomic E-state index is 12.4. The van der Waals surface area contributed by atoms with Crippen LogP contribution in [0.1, 0.15) is 24.2 Å². The van der Waals surface area contributed by atoms with Crippen molar-refractivity contribution in [2.75, 3.05) is 5.75 Å². The van der Waals surface area contributed by atoms with Gasteiger partial charge in [-0.3, -0.25) is 9.69 Å². The number of carbonyl (C=O) groups excluding carboxylic acids is 1. The smallest absolute Gasteiger partial charge is 0.259 e. The van der Waals surface area contributed by atoms with Gasteiger partial charge in [0.05, 0.1) is 6.04 Å². The van der Waals surface area contributed by atoms with E-state index in [0.29, 0.717) is 15.8 Å². The SMILES string of the molecule is CC(C)C1CSC(=S)N1C(=O)c1ccccc1. The Balaban J connectivity index is 2.26. The highest BCUT2D eigenvalue weighted by Gasteiger charge is 2.35. The molecule has 1 aliphatic rings. The molecule has 90 valence electrons. The number of thiocarbonyl (C=S) groups is 1. The maximum absolute atomic E-state index is 12.4. The van der Waals surface area contributed by atoms with Gasteiger partial charge >= 0.3 is 0 Å². The topological polar surface area (TPSA) is 20.3 Å². The fraction of sp³-hybridized carbons (Fsp3) is 0.385. The molecule has 1 aliphatic heterocycles. The predicted octanol–water partition coefficient (Wildman–Crippen LogP) is 3.19. The zero-order chi connectivity index (χ0) is 12.4. The van der Waals surface area contributed by atoms with Gasteiger partial charge in [-0.15, -0.1) is 0 Å². The number of hydrogen-bond donors (Lipinski definition) is 0. The van der Waals surface area contributed by atoms with Crippen LogP contribution in [0, 0.1) is 5.92 Å². The first-order valence-corrected chi connectivity index (χ1v) is 7.06. The van der Waals surface area contributed by atoms with Gasteiger partial charge in [0.25, 0.3) is 5.91 Å². The maximum Gasteiger partial charge on any atom is 0.259 e. The first-order chi connectivity index (χ1) is 8.11. The van der Waals surface area contributed by atoms with Gasteiger partial charge in [-0.1, -0.05) is 56.0 Å². The Hall–Kier alpha value is -0.870. The lowest BCUT2D eigenvalue weighted by molar-refractivity contribution is 0.0801. The molecule has 0 aliphatic carbocycles. The Morgan fingerprint density at radius 3 is 2.65 bits per heavy atom. The molecule has 1 amide bonds. The number of benzene rings is 1. The van der Waals surface area contributed by atoms with E-state index in [1.165, 1.54) is 0 Å². The van der Waals surface area contributed by atoms with Crippen molar-refractivity contribution < 1.29 is 4.79 Å². The molecule has 1 fully saturated rings. The zero-order valence-electron chi connectivity index (χ0n) is 9.92. The van der Waals surface area contributed by atoms with Gasteiger partial charge in [0.2, 0.25) is 0 Å². The molecule has 0 bridgehead atoms. The van der Waals surface area contributed by atoms with E-state index in [-0.39, 0.29) is 11.9 Å². The van der Waals surface area contributed by atoms with E-state index in [2.05, 4.69) is 13.8 Å². The van der Waals surface area contributed by atoms with Gasteiger partial charge < -0.3 is 0 Å². The summed E-state index contributed by atoms with van der Waals surface area (Å²) >= 11 is 6.88. The molecule has 0 N–H and O–H groups in total. The molecule has 1 heterocycles. The highest BCUT2D eigenvalue weighted by atomic mass is 32.2. The summed E-state index contributed by atoms with van der Waals surface area (Å²) in [5, 5.41) is 0. The quantitative estimate of drug-likeness (QED) is 0.766. The number of carbonyl (C=O) groups is 1. The minimum Gasteiger partial charge on any atom is -0.289 e. The largest absolute Gasteiger partial charge is 0.289 e. The van der Waals surface area contributed by atoms with Gasteiger partial charge in [0.15, 0.2) is 0 Å². The van der Waals surface area contributed by atoms with Crippen molar-refractivity contribution in [1.29, 1.82) is 0 Å². The molecule has 2 rings (SSSR count). The predicted molar refractivity (Wildman–Crippen MR) is 76.3 cm³/mol. The molecular weight excluding hydrogens is 250 g/mol. The second-order valence-corrected chi connectivity index (χ2v) is 6.08. The van der Waals surface area contributed by atoms with Crippen LogP contribution in [0.2, 0.25) is 0 Å². The van der Waals surface area contributed by atoms with Crippen molar-refractivity contribution in [2.24, 2.45) is 5.92 Å². The van der Waals surface area contributed by atoms with Crippen LogP contribution in [-0.4, -0.2) is 26.9 Å².